The molecule has 15 heteroatoms. The monoisotopic (exact) mass is 561 g/mol. The molecule has 40 heavy (non-hydrogen) atoms. The van der Waals surface area contributed by atoms with Crippen LogP contribution in [0.2, 0.25) is 0 Å². The van der Waals surface area contributed by atoms with E-state index in [-0.39, 0.29) is 42.7 Å². The molecule has 3 aliphatic rings. The summed E-state index contributed by atoms with van der Waals surface area (Å²) >= 11 is 0. The third-order valence-corrected chi connectivity index (χ3v) is 7.66. The maximum absolute atomic E-state index is 15.0. The zero-order chi connectivity index (χ0) is 28.3. The second-order valence-electron chi connectivity index (χ2n) is 10.2. The molecule has 1 aliphatic carbocycles. The number of carbonyl (C=O) groups excluding carboxylic acids is 2. The number of nitrogens with zero attached hydrogens (tertiary/aromatic N) is 6. The minimum atomic E-state index is -3.16. The second-order valence-corrected chi connectivity index (χ2v) is 10.2. The molecule has 3 N–H and O–H groups in total. The summed E-state index contributed by atoms with van der Waals surface area (Å²) in [6, 6.07) is -0.765. The molecule has 2 aliphatic heterocycles. The highest BCUT2D eigenvalue weighted by atomic mass is 19.3. The van der Waals surface area contributed by atoms with Gasteiger partial charge in [0.2, 0.25) is 17.7 Å². The van der Waals surface area contributed by atoms with Crippen LogP contribution in [0.25, 0.3) is 0 Å². The minimum absolute atomic E-state index is 0.0119. The number of ether oxygens (including phenoxy) is 2. The lowest BCUT2D eigenvalue weighted by Gasteiger charge is -2.42. The smallest absolute Gasteiger partial charge is 0.414 e. The quantitative estimate of drug-likeness (QED) is 0.459. The van der Waals surface area contributed by atoms with Gasteiger partial charge < -0.3 is 29.9 Å². The van der Waals surface area contributed by atoms with E-state index in [1.54, 1.807) is 11.8 Å². The van der Waals surface area contributed by atoms with Gasteiger partial charge in [0.25, 0.3) is 5.92 Å². The van der Waals surface area contributed by atoms with Crippen molar-refractivity contribution in [1.29, 1.82) is 0 Å². The Labute approximate surface area is 230 Å². The number of carbonyl (C=O) groups is 2. The number of anilines is 2. The summed E-state index contributed by atoms with van der Waals surface area (Å²) in [4.78, 5) is 44.4. The van der Waals surface area contributed by atoms with Gasteiger partial charge in [-0.25, -0.2) is 33.3 Å². The van der Waals surface area contributed by atoms with Gasteiger partial charge >= 0.3 is 12.1 Å². The molecule has 2 bridgehead atoms. The predicted octanol–water partition coefficient (Wildman–Crippen LogP) is 2.13. The van der Waals surface area contributed by atoms with Gasteiger partial charge in [0.05, 0.1) is 19.0 Å². The fourth-order valence-corrected chi connectivity index (χ4v) is 5.54. The molecule has 2 aromatic heterocycles. The zero-order valence-electron chi connectivity index (χ0n) is 22.3. The van der Waals surface area contributed by atoms with Crippen molar-refractivity contribution >= 4 is 23.9 Å². The molecule has 13 nitrogen and oxygen atoms in total. The summed E-state index contributed by atoms with van der Waals surface area (Å²) in [5, 5.41) is 8.82. The average Bonchev–Trinajstić information content (AvgIpc) is 3.13. The van der Waals surface area contributed by atoms with Crippen LogP contribution in [-0.4, -0.2) is 94.8 Å². The number of hydrogen-bond donors (Lipinski definition) is 3. The Hall–Kier alpha value is -3.88. The first-order chi connectivity index (χ1) is 19.2. The van der Waals surface area contributed by atoms with Gasteiger partial charge in [-0.15, -0.1) is 0 Å². The number of alkyl halides is 2. The van der Waals surface area contributed by atoms with Crippen molar-refractivity contribution < 1.29 is 27.8 Å². The Bertz CT molecular complexity index is 1190. The van der Waals surface area contributed by atoms with Crippen molar-refractivity contribution in [2.75, 3.05) is 50.1 Å². The Morgan fingerprint density at radius 2 is 1.95 bits per heavy atom. The number of urea groups is 1. The first-order valence-corrected chi connectivity index (χ1v) is 13.4. The number of likely N-dealkylation sites (N-methyl/N-ethyl adjacent to an activating group) is 1. The van der Waals surface area contributed by atoms with Gasteiger partial charge in [0, 0.05) is 44.9 Å². The van der Waals surface area contributed by atoms with Crippen LogP contribution in [0.5, 0.6) is 11.8 Å². The van der Waals surface area contributed by atoms with E-state index in [2.05, 4.69) is 35.9 Å². The van der Waals surface area contributed by atoms with Gasteiger partial charge in [-0.05, 0) is 44.7 Å². The van der Waals surface area contributed by atoms with E-state index in [1.807, 2.05) is 0 Å². The molecule has 3 fully saturated rings. The maximum atomic E-state index is 15.0. The summed E-state index contributed by atoms with van der Waals surface area (Å²) in [7, 11) is 1.29. The third-order valence-electron chi connectivity index (χ3n) is 7.66. The lowest BCUT2D eigenvalue weighted by atomic mass is 9.94. The predicted molar refractivity (Wildman–Crippen MR) is 140 cm³/mol. The number of halogens is 2. The maximum Gasteiger partial charge on any atom is 0.414 e. The molecule has 4 atom stereocenters. The van der Waals surface area contributed by atoms with Crippen molar-refractivity contribution in [1.82, 2.24) is 35.5 Å². The Morgan fingerprint density at radius 1 is 1.18 bits per heavy atom. The van der Waals surface area contributed by atoms with Crippen LogP contribution in [0.3, 0.4) is 0 Å². The molecule has 1 unspecified atom stereocenters. The number of rotatable bonds is 7. The molecule has 3 amide bonds. The molecule has 0 spiro atoms. The number of nitrogens with one attached hydrogen (secondary N) is 3. The molecule has 0 aromatic carbocycles. The highest BCUT2D eigenvalue weighted by Gasteiger charge is 2.48. The van der Waals surface area contributed by atoms with E-state index in [4.69, 9.17) is 9.47 Å². The van der Waals surface area contributed by atoms with E-state index in [0.717, 1.165) is 30.8 Å². The Morgan fingerprint density at radius 3 is 2.65 bits per heavy atom. The van der Waals surface area contributed by atoms with Crippen LogP contribution in [0.15, 0.2) is 24.7 Å². The van der Waals surface area contributed by atoms with E-state index >= 15 is 0 Å². The Balaban J connectivity index is 1.21. The summed E-state index contributed by atoms with van der Waals surface area (Å²) in [5.41, 5.74) is 0. The second kappa shape index (κ2) is 11.7. The van der Waals surface area contributed by atoms with E-state index in [1.165, 1.54) is 31.7 Å². The largest absolute Gasteiger partial charge is 0.477 e. The fraction of sp³-hybridized carbons (Fsp3) is 0.600. The van der Waals surface area contributed by atoms with Crippen molar-refractivity contribution in [3.05, 3.63) is 24.7 Å². The van der Waals surface area contributed by atoms with Crippen LogP contribution < -0.4 is 30.3 Å². The number of aromatic nitrogens is 4. The van der Waals surface area contributed by atoms with Crippen LogP contribution in [0.4, 0.5) is 30.1 Å². The third kappa shape index (κ3) is 6.13. The van der Waals surface area contributed by atoms with Gasteiger partial charge in [-0.2, -0.15) is 4.98 Å². The molecule has 216 valence electrons. The molecule has 2 aromatic rings. The van der Waals surface area contributed by atoms with Gasteiger partial charge in [-0.1, -0.05) is 0 Å². The van der Waals surface area contributed by atoms with Crippen molar-refractivity contribution in [3.63, 3.8) is 0 Å². The molecule has 1 saturated carbocycles. The number of fused-ring (bicyclic) bond motifs is 2. The van der Waals surface area contributed by atoms with Gasteiger partial charge in [0.1, 0.15) is 6.04 Å². The van der Waals surface area contributed by atoms with E-state index in [0.29, 0.717) is 18.4 Å². The van der Waals surface area contributed by atoms with Gasteiger partial charge in [-0.3, -0.25) is 5.32 Å². The van der Waals surface area contributed by atoms with Crippen molar-refractivity contribution in [2.24, 2.45) is 11.8 Å². The van der Waals surface area contributed by atoms with Gasteiger partial charge in [0.15, 0.2) is 5.82 Å². The molecule has 5 rings (SSSR count). The topological polar surface area (TPSA) is 147 Å². The lowest BCUT2D eigenvalue weighted by molar-refractivity contribution is -0.0760. The van der Waals surface area contributed by atoms with Crippen molar-refractivity contribution in [3.8, 4) is 11.8 Å². The molecule has 0 radical (unpaired) electrons. The SMILES string of the molecule is CCOc1cnc(NC(=O)N(C)[C@H]2CN(c3nccc(OC(=O)NC4[C@@H]5CC[C@H]4CNC5)n3)CCC2(F)F)cn1. The first-order valence-electron chi connectivity index (χ1n) is 13.4. The van der Waals surface area contributed by atoms with E-state index in [9.17, 15) is 18.4 Å². The standard InChI is InChI=1S/C25H33F2N9O4/c1-3-39-20-13-30-18(12-31-20)32-23(37)35(2)17-14-36(9-7-25(17,26)27)22-29-8-6-19(33-22)40-24(38)34-21-15-4-5-16(21)11-28-10-15/h6,8,12-13,15-17,21,28H,3-5,7,9-11,14H2,1-2H3,(H,34,38)(H,30,32,37)/t15-,16+,17-,21?/m0/s1. The highest BCUT2D eigenvalue weighted by Crippen LogP contribution is 2.34. The number of piperidine rings is 2. The number of amides is 3. The summed E-state index contributed by atoms with van der Waals surface area (Å²) in [6.45, 7) is 3.64. The zero-order valence-corrected chi connectivity index (χ0v) is 22.3. The Kier molecular flexibility index (Phi) is 8.09. The van der Waals surface area contributed by atoms with Crippen molar-refractivity contribution in [2.45, 2.75) is 44.2 Å². The average molecular weight is 562 g/mol. The van der Waals surface area contributed by atoms with Crippen LogP contribution in [0, 0.1) is 11.8 Å². The molecular weight excluding hydrogens is 528 g/mol. The molecule has 2 saturated heterocycles. The lowest BCUT2D eigenvalue weighted by Crippen LogP contribution is -2.60. The minimum Gasteiger partial charge on any atom is -0.477 e. The summed E-state index contributed by atoms with van der Waals surface area (Å²) in [5.74, 6) is -1.90. The van der Waals surface area contributed by atoms with E-state index < -0.39 is 30.5 Å². The first kappa shape index (κ1) is 27.7. The fourth-order valence-electron chi connectivity index (χ4n) is 5.54. The van der Waals surface area contributed by atoms with Crippen LogP contribution in [-0.2, 0) is 0 Å². The normalized spacial score (nSPS) is 25.1. The molecule has 4 heterocycles. The molecular formula is C25H33F2N9O4. The summed E-state index contributed by atoms with van der Waals surface area (Å²) in [6.07, 6.45) is 5.01. The summed E-state index contributed by atoms with van der Waals surface area (Å²) < 4.78 is 40.6. The van der Waals surface area contributed by atoms with Crippen LogP contribution >= 0.6 is 0 Å². The highest BCUT2D eigenvalue weighted by molar-refractivity contribution is 5.88. The van der Waals surface area contributed by atoms with Crippen LogP contribution in [0.1, 0.15) is 26.2 Å². The number of hydrogen-bond acceptors (Lipinski definition) is 10.